The van der Waals surface area contributed by atoms with Crippen molar-refractivity contribution >= 4 is 35.8 Å². The van der Waals surface area contributed by atoms with E-state index in [0.717, 1.165) is 6.29 Å². The van der Waals surface area contributed by atoms with Crippen molar-refractivity contribution in [3.05, 3.63) is 0 Å². The molecule has 0 aliphatic heterocycles. The van der Waals surface area contributed by atoms with Gasteiger partial charge in [0.15, 0.2) is 12.2 Å². The van der Waals surface area contributed by atoms with Crippen molar-refractivity contribution in [2.45, 2.75) is 75.7 Å². The van der Waals surface area contributed by atoms with Crippen LogP contribution in [-0.4, -0.2) is 82.0 Å². The SMILES string of the molecule is CCC(C)(C)OC(=O)C(O)C(O)C(=O)OCC(O)COC(=O)C1CCC(C=O)CC1Cl. The van der Waals surface area contributed by atoms with Crippen molar-refractivity contribution in [1.82, 2.24) is 0 Å². The van der Waals surface area contributed by atoms with Gasteiger partial charge in [-0.2, -0.15) is 0 Å². The van der Waals surface area contributed by atoms with Gasteiger partial charge in [-0.1, -0.05) is 6.92 Å². The molecule has 0 amide bonds. The number of rotatable bonds is 11. The van der Waals surface area contributed by atoms with Crippen LogP contribution in [0.4, 0.5) is 0 Å². The third-order valence-corrected chi connectivity index (χ3v) is 5.64. The summed E-state index contributed by atoms with van der Waals surface area (Å²) in [5.74, 6) is -3.97. The highest BCUT2D eigenvalue weighted by molar-refractivity contribution is 6.22. The lowest BCUT2D eigenvalue weighted by Crippen LogP contribution is -2.45. The number of aliphatic hydroxyl groups is 3. The summed E-state index contributed by atoms with van der Waals surface area (Å²) in [4.78, 5) is 46.6. The van der Waals surface area contributed by atoms with E-state index in [2.05, 4.69) is 4.74 Å². The van der Waals surface area contributed by atoms with Gasteiger partial charge in [0.2, 0.25) is 0 Å². The van der Waals surface area contributed by atoms with E-state index in [1.807, 2.05) is 0 Å². The lowest BCUT2D eigenvalue weighted by atomic mass is 9.82. The number of hydrogen-bond donors (Lipinski definition) is 3. The second-order valence-electron chi connectivity index (χ2n) is 8.17. The van der Waals surface area contributed by atoms with Gasteiger partial charge in [0, 0.05) is 11.3 Å². The summed E-state index contributed by atoms with van der Waals surface area (Å²) < 4.78 is 14.6. The van der Waals surface area contributed by atoms with E-state index in [-0.39, 0.29) is 5.92 Å². The zero-order valence-electron chi connectivity index (χ0n) is 17.9. The topological polar surface area (TPSA) is 157 Å². The maximum atomic E-state index is 12.1. The summed E-state index contributed by atoms with van der Waals surface area (Å²) in [7, 11) is 0. The van der Waals surface area contributed by atoms with Crippen molar-refractivity contribution in [2.75, 3.05) is 13.2 Å². The molecule has 31 heavy (non-hydrogen) atoms. The molecule has 10 nitrogen and oxygen atoms in total. The Morgan fingerprint density at radius 1 is 1.06 bits per heavy atom. The smallest absolute Gasteiger partial charge is 0.338 e. The fourth-order valence-electron chi connectivity index (χ4n) is 2.79. The van der Waals surface area contributed by atoms with E-state index in [0.29, 0.717) is 25.7 Å². The molecule has 3 N–H and O–H groups in total. The molecule has 6 unspecified atom stereocenters. The van der Waals surface area contributed by atoms with Crippen molar-refractivity contribution in [3.63, 3.8) is 0 Å². The molecular weight excluding hydrogens is 436 g/mol. The maximum absolute atomic E-state index is 12.1. The summed E-state index contributed by atoms with van der Waals surface area (Å²) >= 11 is 6.13. The van der Waals surface area contributed by atoms with Crippen LogP contribution < -0.4 is 0 Å². The molecule has 178 valence electrons. The van der Waals surface area contributed by atoms with Crippen molar-refractivity contribution in [3.8, 4) is 0 Å². The monoisotopic (exact) mass is 466 g/mol. The number of aliphatic hydroxyl groups excluding tert-OH is 3. The van der Waals surface area contributed by atoms with Crippen LogP contribution >= 0.6 is 11.6 Å². The number of hydrogen-bond acceptors (Lipinski definition) is 10. The maximum Gasteiger partial charge on any atom is 0.338 e. The van der Waals surface area contributed by atoms with Gasteiger partial charge in [-0.15, -0.1) is 11.6 Å². The van der Waals surface area contributed by atoms with E-state index in [9.17, 15) is 34.5 Å². The molecule has 1 saturated carbocycles. The molecule has 6 atom stereocenters. The summed E-state index contributed by atoms with van der Waals surface area (Å²) in [6.45, 7) is 3.81. The molecule has 0 aromatic carbocycles. The van der Waals surface area contributed by atoms with Gasteiger partial charge in [-0.05, 0) is 39.5 Å². The highest BCUT2D eigenvalue weighted by Crippen LogP contribution is 2.32. The Morgan fingerprint density at radius 3 is 2.19 bits per heavy atom. The first-order valence-corrected chi connectivity index (χ1v) is 10.5. The number of halogens is 1. The van der Waals surface area contributed by atoms with Gasteiger partial charge in [-0.25, -0.2) is 9.59 Å². The molecule has 0 aromatic heterocycles. The van der Waals surface area contributed by atoms with Crippen LogP contribution in [0.2, 0.25) is 0 Å². The Balaban J connectivity index is 2.40. The van der Waals surface area contributed by atoms with Gasteiger partial charge in [0.05, 0.1) is 5.92 Å². The van der Waals surface area contributed by atoms with Crippen LogP contribution in [0.25, 0.3) is 0 Å². The number of carbonyl (C=O) groups excluding carboxylic acids is 4. The molecule has 0 bridgehead atoms. The lowest BCUT2D eigenvalue weighted by Gasteiger charge is -2.28. The fraction of sp³-hybridized carbons (Fsp3) is 0.800. The van der Waals surface area contributed by atoms with Crippen molar-refractivity contribution in [2.24, 2.45) is 11.8 Å². The third kappa shape index (κ3) is 8.72. The van der Waals surface area contributed by atoms with Gasteiger partial charge >= 0.3 is 17.9 Å². The highest BCUT2D eigenvalue weighted by atomic mass is 35.5. The Hall–Kier alpha value is -1.75. The summed E-state index contributed by atoms with van der Waals surface area (Å²) in [6.07, 6.45) is -3.24. The number of aldehydes is 1. The van der Waals surface area contributed by atoms with Crippen LogP contribution in [0.3, 0.4) is 0 Å². The molecule has 1 aliphatic rings. The Morgan fingerprint density at radius 2 is 1.65 bits per heavy atom. The molecule has 11 heteroatoms. The Kier molecular flexibility index (Phi) is 10.9. The largest absolute Gasteiger partial charge is 0.463 e. The predicted molar refractivity (Wildman–Crippen MR) is 107 cm³/mol. The molecule has 1 aliphatic carbocycles. The molecular formula is C20H31ClO10. The molecule has 0 aromatic rings. The zero-order chi connectivity index (χ0) is 23.8. The fourth-order valence-corrected chi connectivity index (χ4v) is 3.25. The van der Waals surface area contributed by atoms with Crippen molar-refractivity contribution < 1.29 is 48.7 Å². The van der Waals surface area contributed by atoms with Gasteiger partial charge in [0.25, 0.3) is 0 Å². The van der Waals surface area contributed by atoms with Crippen LogP contribution in [-0.2, 0) is 33.4 Å². The first-order chi connectivity index (χ1) is 14.4. The minimum Gasteiger partial charge on any atom is -0.463 e. The number of alkyl halides is 1. The summed E-state index contributed by atoms with van der Waals surface area (Å²) in [5.41, 5.74) is -0.893. The highest BCUT2D eigenvalue weighted by Gasteiger charge is 2.37. The van der Waals surface area contributed by atoms with Crippen molar-refractivity contribution in [1.29, 1.82) is 0 Å². The number of carbonyl (C=O) groups is 4. The molecule has 1 fully saturated rings. The molecule has 0 radical (unpaired) electrons. The first-order valence-electron chi connectivity index (χ1n) is 10.1. The average molecular weight is 467 g/mol. The summed E-state index contributed by atoms with van der Waals surface area (Å²) in [5, 5.41) is 28.8. The molecule has 0 spiro atoms. The van der Waals surface area contributed by atoms with Gasteiger partial charge < -0.3 is 34.3 Å². The molecule has 1 rings (SSSR count). The quantitative estimate of drug-likeness (QED) is 0.165. The Bertz CT molecular complexity index is 637. The average Bonchev–Trinajstić information content (AvgIpc) is 2.74. The van der Waals surface area contributed by atoms with Gasteiger partial charge in [-0.3, -0.25) is 4.79 Å². The minimum atomic E-state index is -2.21. The number of esters is 3. The van der Waals surface area contributed by atoms with Crippen LogP contribution in [0, 0.1) is 11.8 Å². The van der Waals surface area contributed by atoms with Gasteiger partial charge in [0.1, 0.15) is 31.2 Å². The molecule has 0 saturated heterocycles. The number of ether oxygens (including phenoxy) is 3. The van der Waals surface area contributed by atoms with Crippen LogP contribution in [0.15, 0.2) is 0 Å². The summed E-state index contributed by atoms with van der Waals surface area (Å²) in [6, 6.07) is 0. The molecule has 0 heterocycles. The van der Waals surface area contributed by atoms with Crippen LogP contribution in [0.5, 0.6) is 0 Å². The first kappa shape index (κ1) is 27.3. The normalized spacial score (nSPS) is 24.4. The second kappa shape index (κ2) is 12.3. The lowest BCUT2D eigenvalue weighted by molar-refractivity contribution is -0.182. The van der Waals surface area contributed by atoms with E-state index in [1.165, 1.54) is 0 Å². The zero-order valence-corrected chi connectivity index (χ0v) is 18.6. The van der Waals surface area contributed by atoms with E-state index >= 15 is 0 Å². The Labute approximate surface area is 185 Å². The van der Waals surface area contributed by atoms with E-state index in [1.54, 1.807) is 20.8 Å². The second-order valence-corrected chi connectivity index (χ2v) is 8.73. The standard InChI is InChI=1S/C20H31ClO10/c1-4-20(2,3)31-19(28)16(25)15(24)18(27)30-10-12(23)9-29-17(26)13-6-5-11(8-22)7-14(13)21/h8,11-16,23-25H,4-7,9-10H2,1-3H3. The van der Waals surface area contributed by atoms with E-state index in [4.69, 9.17) is 21.1 Å². The van der Waals surface area contributed by atoms with Crippen LogP contribution in [0.1, 0.15) is 46.5 Å². The minimum absolute atomic E-state index is 0.191. The third-order valence-electron chi connectivity index (χ3n) is 5.15. The predicted octanol–water partition coefficient (Wildman–Crippen LogP) is 0.110. The van der Waals surface area contributed by atoms with E-state index < -0.39 is 66.3 Å².